The van der Waals surface area contributed by atoms with E-state index in [9.17, 15) is 10.4 Å². The van der Waals surface area contributed by atoms with Crippen LogP contribution in [0.2, 0.25) is 0 Å². The number of methoxy groups -OCH3 is 2. The zero-order valence-corrected chi connectivity index (χ0v) is 24.7. The van der Waals surface area contributed by atoms with Gasteiger partial charge in [0.15, 0.2) is 29.8 Å². The molecule has 0 amide bonds. The molecule has 1 unspecified atom stereocenters. The topological polar surface area (TPSA) is 106 Å². The molecular formula is C31H39N3O7. The summed E-state index contributed by atoms with van der Waals surface area (Å²) in [6, 6.07) is 4.15. The Morgan fingerprint density at radius 2 is 1.85 bits per heavy atom. The Balaban J connectivity index is 1.52. The van der Waals surface area contributed by atoms with Crippen molar-refractivity contribution in [2.75, 3.05) is 48.1 Å². The zero-order chi connectivity index (χ0) is 29.0. The van der Waals surface area contributed by atoms with Crippen LogP contribution in [0, 0.1) is 25.2 Å². The average molecular weight is 566 g/mol. The molecule has 41 heavy (non-hydrogen) atoms. The highest BCUT2D eigenvalue weighted by Gasteiger charge is 2.56. The van der Waals surface area contributed by atoms with Crippen molar-refractivity contribution in [2.45, 2.75) is 70.2 Å². The molecule has 0 radical (unpaired) electrons. The third-order valence-corrected chi connectivity index (χ3v) is 9.38. The number of rotatable bonds is 8. The van der Waals surface area contributed by atoms with Gasteiger partial charge in [0, 0.05) is 47.5 Å². The number of hydrogen-bond donors (Lipinski definition) is 1. The van der Waals surface area contributed by atoms with Gasteiger partial charge in [-0.3, -0.25) is 9.80 Å². The highest BCUT2D eigenvalue weighted by atomic mass is 16.7. The number of piperazine rings is 1. The first-order valence-corrected chi connectivity index (χ1v) is 14.3. The lowest BCUT2D eigenvalue weighted by Gasteiger charge is -2.60. The third-order valence-electron chi connectivity index (χ3n) is 9.38. The summed E-state index contributed by atoms with van der Waals surface area (Å²) >= 11 is 0. The average Bonchev–Trinajstić information content (AvgIpc) is 3.45. The number of nitrogens with zero attached hydrogens (tertiary/aromatic N) is 3. The Kier molecular flexibility index (Phi) is 7.41. The maximum Gasteiger partial charge on any atom is 0.231 e. The fourth-order valence-corrected chi connectivity index (χ4v) is 7.67. The standard InChI is InChI=1S/C31H39N3O7/c1-7-20-25-19(27(35)17(3)29-31(25)41-15-40-29)12-22-26-24-18(11-21(33(26)4)23(13-32)34(20)22)10-16(2)28(37-6)30(24)39-14-38-9-8-36-5/h10,20-23,26,35H,7-9,11-12,14-15H2,1-6H3/t20-,21+,22?,23-,26-/m0/s1. The monoisotopic (exact) mass is 565 g/mol. The first-order chi connectivity index (χ1) is 19.9. The van der Waals surface area contributed by atoms with E-state index < -0.39 is 0 Å². The van der Waals surface area contributed by atoms with Crippen LogP contribution < -0.4 is 18.9 Å². The van der Waals surface area contributed by atoms with Gasteiger partial charge in [0.1, 0.15) is 11.8 Å². The molecule has 5 atom stereocenters. The van der Waals surface area contributed by atoms with Crippen molar-refractivity contribution < 1.29 is 33.5 Å². The summed E-state index contributed by atoms with van der Waals surface area (Å²) in [6.45, 7) is 7.11. The summed E-state index contributed by atoms with van der Waals surface area (Å²) in [4.78, 5) is 4.71. The molecule has 1 fully saturated rings. The molecule has 4 aliphatic rings. The zero-order valence-electron chi connectivity index (χ0n) is 24.7. The smallest absolute Gasteiger partial charge is 0.231 e. The van der Waals surface area contributed by atoms with E-state index in [0.717, 1.165) is 34.2 Å². The van der Waals surface area contributed by atoms with Crippen LogP contribution in [0.1, 0.15) is 58.8 Å². The minimum atomic E-state index is -0.349. The molecule has 4 heterocycles. The first kappa shape index (κ1) is 27.9. The number of fused-ring (bicyclic) bond motifs is 9. The quantitative estimate of drug-likeness (QED) is 0.374. The van der Waals surface area contributed by atoms with E-state index in [1.54, 1.807) is 14.2 Å². The number of phenols is 1. The number of hydrogen-bond acceptors (Lipinski definition) is 10. The van der Waals surface area contributed by atoms with Crippen molar-refractivity contribution in [3.8, 4) is 34.8 Å². The molecule has 2 aromatic carbocycles. The van der Waals surface area contributed by atoms with E-state index in [-0.39, 0.29) is 49.5 Å². The second kappa shape index (κ2) is 10.9. The summed E-state index contributed by atoms with van der Waals surface area (Å²) in [5.74, 6) is 2.92. The van der Waals surface area contributed by atoms with Gasteiger partial charge in [0.2, 0.25) is 6.79 Å². The van der Waals surface area contributed by atoms with Crippen molar-refractivity contribution in [3.63, 3.8) is 0 Å². The number of aromatic hydroxyl groups is 1. The predicted octanol–water partition coefficient (Wildman–Crippen LogP) is 3.93. The van der Waals surface area contributed by atoms with Crippen LogP contribution in [-0.4, -0.2) is 81.1 Å². The van der Waals surface area contributed by atoms with Crippen molar-refractivity contribution in [1.82, 2.24) is 9.80 Å². The van der Waals surface area contributed by atoms with Gasteiger partial charge in [-0.2, -0.15) is 5.26 Å². The molecule has 2 aromatic rings. The SMILES string of the molecule is CC[C@H]1c2c(c(O)c(C)c3c2OCO3)CC2[C@H]3c4c(cc(C)c(OC)c4OCOCCOC)C[C@H]([C@H](C#N)N21)N3C. The molecule has 1 saturated heterocycles. The molecule has 0 spiro atoms. The summed E-state index contributed by atoms with van der Waals surface area (Å²) in [5.41, 5.74) is 5.72. The van der Waals surface area contributed by atoms with Gasteiger partial charge >= 0.3 is 0 Å². The van der Waals surface area contributed by atoms with Crippen molar-refractivity contribution in [1.29, 1.82) is 5.26 Å². The molecule has 2 bridgehead atoms. The lowest BCUT2D eigenvalue weighted by molar-refractivity contribution is -0.0750. The van der Waals surface area contributed by atoms with Crippen LogP contribution in [0.15, 0.2) is 6.07 Å². The van der Waals surface area contributed by atoms with E-state index in [2.05, 4.69) is 35.9 Å². The van der Waals surface area contributed by atoms with Gasteiger partial charge in [-0.15, -0.1) is 0 Å². The minimum absolute atomic E-state index is 0.0211. The number of aryl methyl sites for hydroxylation is 1. The van der Waals surface area contributed by atoms with Crippen molar-refractivity contribution in [3.05, 3.63) is 39.4 Å². The van der Waals surface area contributed by atoms with Gasteiger partial charge in [-0.1, -0.05) is 13.0 Å². The number of benzene rings is 2. The van der Waals surface area contributed by atoms with Crippen LogP contribution in [0.3, 0.4) is 0 Å². The highest BCUT2D eigenvalue weighted by Crippen LogP contribution is 2.58. The van der Waals surface area contributed by atoms with E-state index >= 15 is 0 Å². The van der Waals surface area contributed by atoms with Crippen LogP contribution in [0.5, 0.6) is 28.7 Å². The van der Waals surface area contributed by atoms with Gasteiger partial charge in [0.05, 0.1) is 32.4 Å². The molecule has 10 heteroatoms. The molecule has 0 aromatic heterocycles. The second-order valence-electron chi connectivity index (χ2n) is 11.3. The Morgan fingerprint density at radius 3 is 2.56 bits per heavy atom. The van der Waals surface area contributed by atoms with Crippen molar-refractivity contribution in [2.24, 2.45) is 0 Å². The van der Waals surface area contributed by atoms with Gasteiger partial charge in [-0.05, 0) is 51.3 Å². The number of nitriles is 1. The Labute approximate surface area is 241 Å². The summed E-state index contributed by atoms with van der Waals surface area (Å²) < 4.78 is 34.9. The molecular weight excluding hydrogens is 526 g/mol. The normalized spacial score (nSPS) is 26.1. The molecule has 4 aliphatic heterocycles. The van der Waals surface area contributed by atoms with E-state index in [4.69, 9.17) is 28.4 Å². The minimum Gasteiger partial charge on any atom is -0.507 e. The fourth-order valence-electron chi connectivity index (χ4n) is 7.67. The van der Waals surface area contributed by atoms with E-state index in [1.165, 1.54) is 0 Å². The lowest BCUT2D eigenvalue weighted by Crippen LogP contribution is -2.68. The summed E-state index contributed by atoms with van der Waals surface area (Å²) in [5, 5.41) is 22.1. The molecule has 0 aliphatic carbocycles. The lowest BCUT2D eigenvalue weighted by atomic mass is 9.71. The third kappa shape index (κ3) is 4.13. The van der Waals surface area contributed by atoms with Crippen molar-refractivity contribution >= 4 is 0 Å². The Morgan fingerprint density at radius 1 is 1.07 bits per heavy atom. The number of phenolic OH excluding ortho intramolecular Hbond substituents is 1. The highest BCUT2D eigenvalue weighted by molar-refractivity contribution is 5.66. The first-order valence-electron chi connectivity index (χ1n) is 14.3. The summed E-state index contributed by atoms with van der Waals surface area (Å²) in [6.07, 6.45) is 2.01. The molecule has 220 valence electrons. The van der Waals surface area contributed by atoms with Crippen LogP contribution in [-0.2, 0) is 22.3 Å². The van der Waals surface area contributed by atoms with Crippen LogP contribution in [0.25, 0.3) is 0 Å². The fraction of sp³-hybridized carbons (Fsp3) is 0.581. The number of ether oxygens (including phenoxy) is 6. The number of likely N-dealkylation sites (N-methyl/N-ethyl adjacent to an activating group) is 1. The molecule has 1 N–H and O–H groups in total. The van der Waals surface area contributed by atoms with E-state index in [0.29, 0.717) is 54.6 Å². The van der Waals surface area contributed by atoms with Gasteiger partial charge < -0.3 is 33.5 Å². The maximum atomic E-state index is 11.5. The van der Waals surface area contributed by atoms with E-state index in [1.807, 2.05) is 13.8 Å². The largest absolute Gasteiger partial charge is 0.507 e. The maximum absolute atomic E-state index is 11.5. The summed E-state index contributed by atoms with van der Waals surface area (Å²) in [7, 11) is 5.40. The Hall–Kier alpha value is -3.23. The van der Waals surface area contributed by atoms with Gasteiger partial charge in [0.25, 0.3) is 0 Å². The molecule has 10 nitrogen and oxygen atoms in total. The predicted molar refractivity (Wildman–Crippen MR) is 150 cm³/mol. The van der Waals surface area contributed by atoms with Crippen LogP contribution in [0.4, 0.5) is 0 Å². The second-order valence-corrected chi connectivity index (χ2v) is 11.3. The Bertz CT molecular complexity index is 1390. The van der Waals surface area contributed by atoms with Crippen LogP contribution >= 0.6 is 0 Å². The molecule has 0 saturated carbocycles. The molecule has 6 rings (SSSR count). The van der Waals surface area contributed by atoms with Gasteiger partial charge in [-0.25, -0.2) is 0 Å².